The summed E-state index contributed by atoms with van der Waals surface area (Å²) in [4.78, 5) is 2.44. The van der Waals surface area contributed by atoms with E-state index in [-0.39, 0.29) is 58.2 Å². The number of aliphatic hydroxyl groups excluding tert-OH is 1. The number of nitrogens with zero attached hydrogens (tertiary/aromatic N) is 1. The summed E-state index contributed by atoms with van der Waals surface area (Å²) in [6.45, 7) is 17.9. The smallest absolute Gasteiger partial charge is 0.390 e. The van der Waals surface area contributed by atoms with Gasteiger partial charge in [0.1, 0.15) is 0 Å². The lowest BCUT2D eigenvalue weighted by molar-refractivity contribution is -0.256. The van der Waals surface area contributed by atoms with Crippen LogP contribution in [-0.2, 0) is 29.0 Å². The third-order valence-corrected chi connectivity index (χ3v) is 18.2. The van der Waals surface area contributed by atoms with E-state index in [9.17, 15) is 31.8 Å². The fourth-order valence-electron chi connectivity index (χ4n) is 14.3. The first-order chi connectivity index (χ1) is 24.0. The van der Waals surface area contributed by atoms with E-state index < -0.39 is 50.9 Å². The number of rotatable bonds is 7. The molecule has 2 spiro atoms. The monoisotopic (exact) mass is 762 g/mol. The predicted molar refractivity (Wildman–Crippen MR) is 185 cm³/mol. The third-order valence-electron chi connectivity index (χ3n) is 17.0. The number of morpholine rings is 1. The van der Waals surface area contributed by atoms with Crippen molar-refractivity contribution in [3.63, 3.8) is 0 Å². The molecule has 0 aromatic rings. The number of ether oxygens (including phenoxy) is 4. The molecule has 52 heavy (non-hydrogen) atoms. The Kier molecular flexibility index (Phi) is 8.82. The fraction of sp³-hybridized carbons (Fsp3) is 1.00. The maximum atomic E-state index is 13.5. The molecule has 3 N–H and O–H groups in total. The molecule has 0 amide bonds. The van der Waals surface area contributed by atoms with Gasteiger partial charge in [-0.1, -0.05) is 34.6 Å². The van der Waals surface area contributed by atoms with Gasteiger partial charge in [-0.25, -0.2) is 8.42 Å². The molecule has 298 valence electrons. The molecule has 8 fully saturated rings. The number of sulfonamides is 1. The molecule has 3 aliphatic heterocycles. The van der Waals surface area contributed by atoms with Gasteiger partial charge in [-0.3, -0.25) is 4.90 Å². The molecule has 3 saturated heterocycles. The number of hydrogen-bond acceptors (Lipinski definition) is 9. The lowest BCUT2D eigenvalue weighted by Gasteiger charge is -2.64. The summed E-state index contributed by atoms with van der Waals surface area (Å²) in [6, 6.07) is -1.10. The summed E-state index contributed by atoms with van der Waals surface area (Å²) in [7, 11) is -5.76. The van der Waals surface area contributed by atoms with Gasteiger partial charge in [0.05, 0.1) is 68.5 Å². The molecule has 0 aromatic heterocycles. The predicted octanol–water partition coefficient (Wildman–Crippen LogP) is 4.82. The molecule has 5 aliphatic carbocycles. The van der Waals surface area contributed by atoms with Gasteiger partial charge in [0.25, 0.3) is 0 Å². The average Bonchev–Trinajstić information content (AvgIpc) is 3.64. The highest BCUT2D eigenvalue weighted by atomic mass is 32.2. The van der Waals surface area contributed by atoms with Gasteiger partial charge >= 0.3 is 15.5 Å². The van der Waals surface area contributed by atoms with Crippen molar-refractivity contribution in [1.29, 1.82) is 0 Å². The van der Waals surface area contributed by atoms with Crippen molar-refractivity contribution in [2.75, 3.05) is 32.9 Å². The Morgan fingerprint density at radius 3 is 2.31 bits per heavy atom. The van der Waals surface area contributed by atoms with Crippen LogP contribution in [0.25, 0.3) is 0 Å². The van der Waals surface area contributed by atoms with E-state index >= 15 is 0 Å². The number of aliphatic hydroxyl groups is 2. The standard InChI is InChI=1S/C38H61F3N2O8S/c1-21-16-23(30(33(4,5)45)42-52(46,47)38(39,40)41)50-29-28(21)34(6)12-13-37-20-36(37)11-10-26(51-27-17-43(14-15-49-27)22-18-48-19-22)32(2,3)24(36)8-9-25(37)35(34,7)31(29)44/h21-31,42,44-45H,8-20H2,1-7H3/t21-,23?,24+,25?,26?,27?,28+,29?,30?,31+,34?,35?,36?,37?/m1/s1. The van der Waals surface area contributed by atoms with Crippen molar-refractivity contribution in [2.45, 2.75) is 154 Å². The number of nitrogens with one attached hydrogen (secondary N) is 1. The lowest BCUT2D eigenvalue weighted by Crippen LogP contribution is -2.61. The minimum Gasteiger partial charge on any atom is -0.390 e. The Labute approximate surface area is 307 Å². The maximum absolute atomic E-state index is 13.5. The molecule has 3 heterocycles. The summed E-state index contributed by atoms with van der Waals surface area (Å²) >= 11 is 0. The highest BCUT2D eigenvalue weighted by molar-refractivity contribution is 7.90. The van der Waals surface area contributed by atoms with Crippen LogP contribution in [-0.4, -0.2) is 110 Å². The minimum atomic E-state index is -5.76. The zero-order valence-electron chi connectivity index (χ0n) is 31.9. The van der Waals surface area contributed by atoms with Crippen LogP contribution in [0, 0.1) is 50.7 Å². The molecule has 10 nitrogen and oxygen atoms in total. The van der Waals surface area contributed by atoms with Crippen LogP contribution in [0.15, 0.2) is 0 Å². The van der Waals surface area contributed by atoms with Crippen molar-refractivity contribution in [2.24, 2.45) is 50.7 Å². The average molecular weight is 763 g/mol. The van der Waals surface area contributed by atoms with Gasteiger partial charge in [0.15, 0.2) is 6.29 Å². The Morgan fingerprint density at radius 2 is 1.67 bits per heavy atom. The van der Waals surface area contributed by atoms with E-state index in [0.29, 0.717) is 18.6 Å². The van der Waals surface area contributed by atoms with Crippen molar-refractivity contribution in [3.8, 4) is 0 Å². The molecule has 14 heteroatoms. The molecule has 0 radical (unpaired) electrons. The Morgan fingerprint density at radius 1 is 1.00 bits per heavy atom. The van der Waals surface area contributed by atoms with Crippen molar-refractivity contribution < 1.29 is 50.7 Å². The van der Waals surface area contributed by atoms with E-state index in [2.05, 4.69) is 39.5 Å². The Balaban J connectivity index is 1.03. The highest BCUT2D eigenvalue weighted by Gasteiger charge is 2.84. The summed E-state index contributed by atoms with van der Waals surface area (Å²) < 4.78 is 91.9. The maximum Gasteiger partial charge on any atom is 0.511 e. The SMILES string of the molecule is C[C@@H]1CC(C(NS(=O)(=O)C(F)(F)F)C(C)(C)O)OC2[C@H]1C1(C)CCC34CC35CCC(OC3CN(C6COC6)CCO3)C(C)(C)[C@@H]5CCC4C1(C)[C@H]2O. The number of hydrogen-bond donors (Lipinski definition) is 3. The zero-order chi connectivity index (χ0) is 37.7. The van der Waals surface area contributed by atoms with Crippen LogP contribution >= 0.6 is 0 Å². The van der Waals surface area contributed by atoms with Crippen molar-refractivity contribution >= 4 is 10.0 Å². The van der Waals surface area contributed by atoms with E-state index in [4.69, 9.17) is 18.9 Å². The van der Waals surface area contributed by atoms with Gasteiger partial charge in [-0.15, -0.1) is 0 Å². The number of halogens is 3. The van der Waals surface area contributed by atoms with E-state index in [1.54, 1.807) is 4.72 Å². The van der Waals surface area contributed by atoms with Crippen molar-refractivity contribution in [1.82, 2.24) is 9.62 Å². The van der Waals surface area contributed by atoms with Crippen LogP contribution in [0.1, 0.15) is 99.8 Å². The Hall–Kier alpha value is -0.580. The summed E-state index contributed by atoms with van der Waals surface area (Å²) in [6.07, 6.45) is 4.74. The van der Waals surface area contributed by atoms with Gasteiger partial charge in [-0.2, -0.15) is 17.9 Å². The summed E-state index contributed by atoms with van der Waals surface area (Å²) in [5, 5.41) is 23.6. The molecule has 8 rings (SSSR count). The zero-order valence-corrected chi connectivity index (χ0v) is 32.7. The molecule has 8 aliphatic rings. The third kappa shape index (κ3) is 5.19. The molecular formula is C38H61F3N2O8S. The molecule has 0 bridgehead atoms. The molecular weight excluding hydrogens is 701 g/mol. The first-order valence-corrected chi connectivity index (χ1v) is 21.3. The number of alkyl halides is 3. The Bertz CT molecular complexity index is 1520. The minimum absolute atomic E-state index is 0.0530. The van der Waals surface area contributed by atoms with Gasteiger partial charge in [0.2, 0.25) is 0 Å². The van der Waals surface area contributed by atoms with Gasteiger partial charge in [-0.05, 0) is 111 Å². The lowest BCUT2D eigenvalue weighted by atomic mass is 9.41. The van der Waals surface area contributed by atoms with E-state index in [1.165, 1.54) is 13.8 Å². The normalized spacial score (nSPS) is 49.8. The van der Waals surface area contributed by atoms with Crippen LogP contribution in [0.3, 0.4) is 0 Å². The fourth-order valence-corrected chi connectivity index (χ4v) is 15.3. The molecule has 0 aromatic carbocycles. The van der Waals surface area contributed by atoms with Crippen LogP contribution in [0.5, 0.6) is 0 Å². The van der Waals surface area contributed by atoms with Crippen LogP contribution in [0.2, 0.25) is 0 Å². The van der Waals surface area contributed by atoms with Crippen molar-refractivity contribution in [3.05, 3.63) is 0 Å². The molecule has 14 atom stereocenters. The quantitative estimate of drug-likeness (QED) is 0.335. The largest absolute Gasteiger partial charge is 0.511 e. The first-order valence-electron chi connectivity index (χ1n) is 19.8. The second-order valence-corrected chi connectivity index (χ2v) is 21.6. The second kappa shape index (κ2) is 12.0. The molecule has 10 unspecified atom stereocenters. The first kappa shape index (κ1) is 38.3. The highest BCUT2D eigenvalue weighted by Crippen LogP contribution is 2.89. The van der Waals surface area contributed by atoms with Gasteiger partial charge < -0.3 is 29.2 Å². The summed E-state index contributed by atoms with van der Waals surface area (Å²) in [5.74, 6) is 0.603. The molecule has 5 saturated carbocycles. The topological polar surface area (TPSA) is 127 Å². The second-order valence-electron chi connectivity index (χ2n) is 19.9. The summed E-state index contributed by atoms with van der Waals surface area (Å²) in [5.41, 5.74) is -7.95. The van der Waals surface area contributed by atoms with E-state index in [0.717, 1.165) is 71.2 Å². The van der Waals surface area contributed by atoms with Crippen LogP contribution < -0.4 is 4.72 Å². The van der Waals surface area contributed by atoms with E-state index in [1.807, 2.05) is 0 Å². The van der Waals surface area contributed by atoms with Gasteiger partial charge in [0, 0.05) is 12.0 Å². The number of fused-ring (bicyclic) bond motifs is 4. The van der Waals surface area contributed by atoms with Crippen LogP contribution in [0.4, 0.5) is 13.2 Å².